The highest BCUT2D eigenvalue weighted by atomic mass is 79.9. The number of aromatic nitrogens is 1. The number of hydrogen-bond donors (Lipinski definition) is 1. The number of anilines is 1. The average Bonchev–Trinajstić information content (AvgIpc) is 2.35. The molecule has 0 aliphatic carbocycles. The van der Waals surface area contributed by atoms with Crippen LogP contribution in [0.15, 0.2) is 45.9 Å². The molecule has 1 aromatic carbocycles. The van der Waals surface area contributed by atoms with E-state index in [0.29, 0.717) is 15.2 Å². The molecule has 1 aromatic heterocycles. The molecule has 0 bridgehead atoms. The van der Waals surface area contributed by atoms with Gasteiger partial charge in [-0.1, -0.05) is 29.3 Å². The van der Waals surface area contributed by atoms with E-state index in [1.54, 1.807) is 18.2 Å². The highest BCUT2D eigenvalue weighted by Crippen LogP contribution is 2.32. The first-order valence-electron chi connectivity index (χ1n) is 4.99. The first kappa shape index (κ1) is 14.6. The Bertz CT molecular complexity index is 722. The Kier molecular flexibility index (Phi) is 4.35. The van der Waals surface area contributed by atoms with Crippen molar-refractivity contribution in [1.29, 1.82) is 0 Å². The van der Waals surface area contributed by atoms with Crippen LogP contribution < -0.4 is 4.72 Å². The fourth-order valence-electron chi connectivity index (χ4n) is 1.35. The summed E-state index contributed by atoms with van der Waals surface area (Å²) in [6.07, 6.45) is 1.41. The van der Waals surface area contributed by atoms with Gasteiger partial charge in [0.05, 0.1) is 15.2 Å². The SMILES string of the molecule is O=S(=O)(Nc1cccc(Cl)c1Br)c1cccnc1Cl. The normalized spacial score (nSPS) is 11.3. The summed E-state index contributed by atoms with van der Waals surface area (Å²) in [6, 6.07) is 7.72. The minimum Gasteiger partial charge on any atom is -0.278 e. The van der Waals surface area contributed by atoms with Crippen LogP contribution in [0.3, 0.4) is 0 Å². The summed E-state index contributed by atoms with van der Waals surface area (Å²) < 4.78 is 27.2. The summed E-state index contributed by atoms with van der Waals surface area (Å²) in [7, 11) is -3.82. The van der Waals surface area contributed by atoms with Crippen molar-refractivity contribution >= 4 is 54.8 Å². The van der Waals surface area contributed by atoms with Gasteiger partial charge in [0.2, 0.25) is 0 Å². The molecule has 2 rings (SSSR count). The number of rotatable bonds is 3. The van der Waals surface area contributed by atoms with Crippen LogP contribution in [-0.4, -0.2) is 13.4 Å². The Morgan fingerprint density at radius 3 is 2.58 bits per heavy atom. The molecule has 8 heteroatoms. The van der Waals surface area contributed by atoms with Gasteiger partial charge in [0.15, 0.2) is 0 Å². The molecule has 0 spiro atoms. The molecule has 0 atom stereocenters. The molecule has 1 N–H and O–H groups in total. The number of sulfonamides is 1. The van der Waals surface area contributed by atoms with Crippen molar-refractivity contribution in [2.75, 3.05) is 4.72 Å². The van der Waals surface area contributed by atoms with Gasteiger partial charge in [0, 0.05) is 6.20 Å². The Morgan fingerprint density at radius 2 is 1.89 bits per heavy atom. The van der Waals surface area contributed by atoms with Crippen molar-refractivity contribution in [2.24, 2.45) is 0 Å². The third kappa shape index (κ3) is 3.20. The van der Waals surface area contributed by atoms with Gasteiger partial charge in [-0.05, 0) is 40.2 Å². The maximum absolute atomic E-state index is 12.2. The molecule has 0 saturated heterocycles. The number of nitrogens with one attached hydrogen (secondary N) is 1. The minimum atomic E-state index is -3.82. The topological polar surface area (TPSA) is 59.1 Å². The average molecular weight is 382 g/mol. The Balaban J connectivity index is 2.43. The number of nitrogens with zero attached hydrogens (tertiary/aromatic N) is 1. The maximum atomic E-state index is 12.2. The van der Waals surface area contributed by atoms with Crippen molar-refractivity contribution < 1.29 is 8.42 Å². The number of halogens is 3. The summed E-state index contributed by atoms with van der Waals surface area (Å²) in [4.78, 5) is 3.64. The lowest BCUT2D eigenvalue weighted by Gasteiger charge is -2.11. The lowest BCUT2D eigenvalue weighted by atomic mass is 10.3. The van der Waals surface area contributed by atoms with Crippen LogP contribution >= 0.6 is 39.1 Å². The number of hydrogen-bond acceptors (Lipinski definition) is 3. The predicted octanol–water partition coefficient (Wildman–Crippen LogP) is 3.95. The van der Waals surface area contributed by atoms with Crippen LogP contribution in [0.5, 0.6) is 0 Å². The van der Waals surface area contributed by atoms with Crippen LogP contribution in [0.1, 0.15) is 0 Å². The van der Waals surface area contributed by atoms with Gasteiger partial charge < -0.3 is 0 Å². The molecule has 2 aromatic rings. The Morgan fingerprint density at radius 1 is 1.16 bits per heavy atom. The molecule has 0 fully saturated rings. The monoisotopic (exact) mass is 380 g/mol. The van der Waals surface area contributed by atoms with Crippen LogP contribution in [-0.2, 0) is 10.0 Å². The molecule has 4 nitrogen and oxygen atoms in total. The Labute approximate surface area is 128 Å². The number of pyridine rings is 1. The molecule has 0 aliphatic rings. The van der Waals surface area contributed by atoms with E-state index in [-0.39, 0.29) is 10.0 Å². The molecule has 0 aliphatic heterocycles. The lowest BCUT2D eigenvalue weighted by Crippen LogP contribution is -2.14. The van der Waals surface area contributed by atoms with E-state index in [4.69, 9.17) is 23.2 Å². The maximum Gasteiger partial charge on any atom is 0.265 e. The summed E-state index contributed by atoms with van der Waals surface area (Å²) in [5, 5.41) is 0.311. The first-order valence-corrected chi connectivity index (χ1v) is 8.02. The quantitative estimate of drug-likeness (QED) is 0.818. The van der Waals surface area contributed by atoms with Crippen LogP contribution in [0.2, 0.25) is 10.2 Å². The largest absolute Gasteiger partial charge is 0.278 e. The third-order valence-corrected chi connectivity index (χ3v) is 5.42. The van der Waals surface area contributed by atoms with E-state index in [9.17, 15) is 8.42 Å². The van der Waals surface area contributed by atoms with Crippen molar-refractivity contribution in [2.45, 2.75) is 4.90 Å². The smallest absolute Gasteiger partial charge is 0.265 e. The van der Waals surface area contributed by atoms with E-state index in [1.807, 2.05) is 0 Å². The molecule has 1 heterocycles. The standard InChI is InChI=1S/C11H7BrCl2N2O2S/c12-10-7(13)3-1-4-8(10)16-19(17,18)9-5-2-6-15-11(9)14/h1-6,16H. The van der Waals surface area contributed by atoms with E-state index < -0.39 is 10.0 Å². The summed E-state index contributed by atoms with van der Waals surface area (Å²) in [6.45, 7) is 0. The summed E-state index contributed by atoms with van der Waals surface area (Å²) in [5.41, 5.74) is 0.326. The second-order valence-corrected chi connectivity index (χ2v) is 6.71. The second kappa shape index (κ2) is 5.66. The van der Waals surface area contributed by atoms with Crippen LogP contribution in [0.4, 0.5) is 5.69 Å². The minimum absolute atomic E-state index is 0.0897. The molecular weight excluding hydrogens is 375 g/mol. The molecule has 100 valence electrons. The van der Waals surface area contributed by atoms with E-state index in [1.165, 1.54) is 18.3 Å². The summed E-state index contributed by atoms with van der Waals surface area (Å²) in [5.74, 6) is 0. The van der Waals surface area contributed by atoms with Gasteiger partial charge in [-0.2, -0.15) is 0 Å². The molecule has 0 amide bonds. The van der Waals surface area contributed by atoms with E-state index in [0.717, 1.165) is 0 Å². The van der Waals surface area contributed by atoms with Gasteiger partial charge in [-0.25, -0.2) is 13.4 Å². The third-order valence-electron chi connectivity index (χ3n) is 2.21. The highest BCUT2D eigenvalue weighted by Gasteiger charge is 2.19. The molecular formula is C11H7BrCl2N2O2S. The zero-order valence-corrected chi connectivity index (χ0v) is 13.2. The first-order chi connectivity index (χ1) is 8.92. The van der Waals surface area contributed by atoms with E-state index in [2.05, 4.69) is 25.6 Å². The Hall–Kier alpha value is -0.820. The van der Waals surface area contributed by atoms with Crippen molar-refractivity contribution in [3.05, 3.63) is 51.2 Å². The van der Waals surface area contributed by atoms with Gasteiger partial charge in [0.25, 0.3) is 10.0 Å². The molecule has 0 saturated carbocycles. The fraction of sp³-hybridized carbons (Fsp3) is 0. The zero-order chi connectivity index (χ0) is 14.0. The molecule has 0 radical (unpaired) electrons. The van der Waals surface area contributed by atoms with E-state index >= 15 is 0 Å². The predicted molar refractivity (Wildman–Crippen MR) is 79.2 cm³/mol. The summed E-state index contributed by atoms with van der Waals surface area (Å²) >= 11 is 14.9. The second-order valence-electron chi connectivity index (χ2n) is 3.50. The zero-order valence-electron chi connectivity index (χ0n) is 9.27. The van der Waals surface area contributed by atoms with Gasteiger partial charge in [0.1, 0.15) is 10.0 Å². The van der Waals surface area contributed by atoms with Crippen molar-refractivity contribution in [3.8, 4) is 0 Å². The van der Waals surface area contributed by atoms with Gasteiger partial charge >= 0.3 is 0 Å². The van der Waals surface area contributed by atoms with Crippen LogP contribution in [0, 0.1) is 0 Å². The van der Waals surface area contributed by atoms with Gasteiger partial charge in [-0.15, -0.1) is 0 Å². The van der Waals surface area contributed by atoms with Crippen molar-refractivity contribution in [3.63, 3.8) is 0 Å². The highest BCUT2D eigenvalue weighted by molar-refractivity contribution is 9.10. The van der Waals surface area contributed by atoms with Crippen LogP contribution in [0.25, 0.3) is 0 Å². The van der Waals surface area contributed by atoms with Crippen molar-refractivity contribution in [1.82, 2.24) is 4.98 Å². The number of benzene rings is 1. The van der Waals surface area contributed by atoms with Gasteiger partial charge in [-0.3, -0.25) is 4.72 Å². The fourth-order valence-corrected chi connectivity index (χ4v) is 3.55. The lowest BCUT2D eigenvalue weighted by molar-refractivity contribution is 0.601. The molecule has 0 unspecified atom stereocenters. The molecule has 19 heavy (non-hydrogen) atoms.